The highest BCUT2D eigenvalue weighted by atomic mass is 32.2. The van der Waals surface area contributed by atoms with Crippen LogP contribution in [0.5, 0.6) is 0 Å². The third kappa shape index (κ3) is 2.71. The maximum absolute atomic E-state index is 11.8. The van der Waals surface area contributed by atoms with Gasteiger partial charge in [0, 0.05) is 13.3 Å². The molecule has 0 saturated carbocycles. The third-order valence-corrected chi connectivity index (χ3v) is 4.64. The number of hydrogen-bond acceptors (Lipinski definition) is 4. The molecule has 1 unspecified atom stereocenters. The van der Waals surface area contributed by atoms with Crippen molar-refractivity contribution in [3.8, 4) is 0 Å². The molecule has 0 aliphatic heterocycles. The first-order valence-electron chi connectivity index (χ1n) is 6.77. The van der Waals surface area contributed by atoms with Crippen LogP contribution in [0.4, 0.5) is 0 Å². The Morgan fingerprint density at radius 2 is 2.10 bits per heavy atom. The van der Waals surface area contributed by atoms with Gasteiger partial charge in [-0.1, -0.05) is 25.8 Å². The molecule has 6 heteroatoms. The Bertz CT molecular complexity index is 719. The number of nitrogens with two attached hydrogens (primary N) is 1. The van der Waals surface area contributed by atoms with Crippen LogP contribution >= 0.6 is 0 Å². The van der Waals surface area contributed by atoms with Crippen molar-refractivity contribution in [1.82, 2.24) is 9.55 Å². The molecule has 0 amide bonds. The molecule has 1 heterocycles. The van der Waals surface area contributed by atoms with Gasteiger partial charge in [-0.05, 0) is 18.6 Å². The summed E-state index contributed by atoms with van der Waals surface area (Å²) in [6.07, 6.45) is 4.16. The monoisotopic (exact) mass is 295 g/mol. The van der Waals surface area contributed by atoms with E-state index in [4.69, 9.17) is 5.73 Å². The molecule has 0 bridgehead atoms. The van der Waals surface area contributed by atoms with Crippen LogP contribution < -0.4 is 5.73 Å². The Labute approximate surface area is 119 Å². The van der Waals surface area contributed by atoms with Crippen molar-refractivity contribution < 1.29 is 8.42 Å². The Hall–Kier alpha value is -1.40. The van der Waals surface area contributed by atoms with Gasteiger partial charge in [-0.25, -0.2) is 13.4 Å². The number of benzene rings is 1. The molecular weight excluding hydrogens is 274 g/mol. The highest BCUT2D eigenvalue weighted by Crippen LogP contribution is 2.26. The molecule has 0 saturated heterocycles. The van der Waals surface area contributed by atoms with Crippen LogP contribution in [0, 0.1) is 0 Å². The molecule has 110 valence electrons. The van der Waals surface area contributed by atoms with Crippen LogP contribution in [0.1, 0.15) is 38.1 Å². The topological polar surface area (TPSA) is 78.0 Å². The van der Waals surface area contributed by atoms with Crippen LogP contribution in [0.3, 0.4) is 0 Å². The smallest absolute Gasteiger partial charge is 0.177 e. The third-order valence-electron chi connectivity index (χ3n) is 3.51. The summed E-state index contributed by atoms with van der Waals surface area (Å²) in [4.78, 5) is 4.75. The average Bonchev–Trinajstić information content (AvgIpc) is 2.72. The van der Waals surface area contributed by atoms with E-state index in [9.17, 15) is 8.42 Å². The largest absolute Gasteiger partial charge is 0.330 e. The molecule has 20 heavy (non-hydrogen) atoms. The molecule has 0 aliphatic rings. The second-order valence-electron chi connectivity index (χ2n) is 5.17. The maximum atomic E-state index is 11.8. The number of rotatable bonds is 5. The Morgan fingerprint density at radius 1 is 1.40 bits per heavy atom. The summed E-state index contributed by atoms with van der Waals surface area (Å²) >= 11 is 0. The number of unbranched alkanes of at least 4 members (excludes halogenated alkanes) is 1. The van der Waals surface area contributed by atoms with E-state index in [0.717, 1.165) is 30.6 Å². The van der Waals surface area contributed by atoms with Gasteiger partial charge in [0.1, 0.15) is 11.3 Å². The van der Waals surface area contributed by atoms with Gasteiger partial charge in [0.2, 0.25) is 0 Å². The van der Waals surface area contributed by atoms with E-state index in [2.05, 4.69) is 11.9 Å². The zero-order chi connectivity index (χ0) is 14.9. The first-order chi connectivity index (χ1) is 9.36. The van der Waals surface area contributed by atoms with Crippen LogP contribution in [0.2, 0.25) is 0 Å². The SMILES string of the molecule is CCCCC(N)c1nc2c(S(C)(=O)=O)cccc2n1C. The lowest BCUT2D eigenvalue weighted by Crippen LogP contribution is -2.15. The van der Waals surface area contributed by atoms with E-state index in [1.807, 2.05) is 17.7 Å². The first-order valence-corrected chi connectivity index (χ1v) is 8.66. The lowest BCUT2D eigenvalue weighted by atomic mass is 10.1. The summed E-state index contributed by atoms with van der Waals surface area (Å²) < 4.78 is 25.6. The van der Waals surface area contributed by atoms with E-state index in [1.54, 1.807) is 12.1 Å². The summed E-state index contributed by atoms with van der Waals surface area (Å²) in [7, 11) is -1.41. The lowest BCUT2D eigenvalue weighted by Gasteiger charge is -2.10. The minimum Gasteiger partial charge on any atom is -0.330 e. The fourth-order valence-corrected chi connectivity index (χ4v) is 3.22. The molecule has 2 rings (SSSR count). The van der Waals surface area contributed by atoms with Gasteiger partial charge in [0.05, 0.1) is 16.5 Å². The second kappa shape index (κ2) is 5.54. The number of nitrogens with zero attached hydrogens (tertiary/aromatic N) is 2. The van der Waals surface area contributed by atoms with Crippen molar-refractivity contribution in [2.75, 3.05) is 6.26 Å². The summed E-state index contributed by atoms with van der Waals surface area (Å²) in [6.45, 7) is 2.11. The quantitative estimate of drug-likeness (QED) is 0.917. The van der Waals surface area contributed by atoms with E-state index in [1.165, 1.54) is 6.26 Å². The molecule has 2 N–H and O–H groups in total. The Morgan fingerprint density at radius 3 is 2.70 bits per heavy atom. The van der Waals surface area contributed by atoms with Gasteiger partial charge in [-0.15, -0.1) is 0 Å². The van der Waals surface area contributed by atoms with Crippen molar-refractivity contribution in [2.24, 2.45) is 12.8 Å². The number of hydrogen-bond donors (Lipinski definition) is 1. The van der Waals surface area contributed by atoms with Crippen molar-refractivity contribution in [2.45, 2.75) is 37.1 Å². The summed E-state index contributed by atoms with van der Waals surface area (Å²) in [5.41, 5.74) is 7.49. The molecule has 2 aromatic rings. The standard InChI is InChI=1S/C14H21N3O2S/c1-4-5-7-10(15)14-16-13-11(17(14)2)8-6-9-12(13)20(3,18)19/h6,8-10H,4-5,7,15H2,1-3H3. The van der Waals surface area contributed by atoms with Gasteiger partial charge in [-0.3, -0.25) is 0 Å². The number of sulfone groups is 1. The zero-order valence-corrected chi connectivity index (χ0v) is 12.9. The number of aromatic nitrogens is 2. The van der Waals surface area contributed by atoms with Crippen LogP contribution in [0.15, 0.2) is 23.1 Å². The average molecular weight is 295 g/mol. The maximum Gasteiger partial charge on any atom is 0.177 e. The minimum absolute atomic E-state index is 0.167. The predicted molar refractivity (Wildman–Crippen MR) is 80.3 cm³/mol. The fraction of sp³-hybridized carbons (Fsp3) is 0.500. The summed E-state index contributed by atoms with van der Waals surface area (Å²) in [6, 6.07) is 5.03. The van der Waals surface area contributed by atoms with Crippen LogP contribution in [0.25, 0.3) is 11.0 Å². The normalized spacial score (nSPS) is 13.8. The van der Waals surface area contributed by atoms with Gasteiger partial charge in [0.25, 0.3) is 0 Å². The van der Waals surface area contributed by atoms with E-state index in [-0.39, 0.29) is 10.9 Å². The molecule has 0 fully saturated rings. The number of para-hydroxylation sites is 1. The van der Waals surface area contributed by atoms with Gasteiger partial charge in [-0.2, -0.15) is 0 Å². The van der Waals surface area contributed by atoms with E-state index < -0.39 is 9.84 Å². The number of aryl methyl sites for hydroxylation is 1. The lowest BCUT2D eigenvalue weighted by molar-refractivity contribution is 0.560. The van der Waals surface area contributed by atoms with E-state index in [0.29, 0.717) is 5.52 Å². The fourth-order valence-electron chi connectivity index (χ4n) is 2.39. The molecule has 0 spiro atoms. The molecule has 1 atom stereocenters. The van der Waals surface area contributed by atoms with Crippen molar-refractivity contribution in [3.05, 3.63) is 24.0 Å². The van der Waals surface area contributed by atoms with Crippen molar-refractivity contribution >= 4 is 20.9 Å². The Kier molecular flexibility index (Phi) is 4.15. The highest BCUT2D eigenvalue weighted by molar-refractivity contribution is 7.91. The predicted octanol–water partition coefficient (Wildman–Crippen LogP) is 2.17. The van der Waals surface area contributed by atoms with Gasteiger partial charge >= 0.3 is 0 Å². The summed E-state index contributed by atoms with van der Waals surface area (Å²) in [5, 5.41) is 0. The number of imidazole rings is 1. The molecule has 0 radical (unpaired) electrons. The second-order valence-corrected chi connectivity index (χ2v) is 7.16. The number of fused-ring (bicyclic) bond motifs is 1. The first kappa shape index (κ1) is 15.0. The Balaban J connectivity index is 2.58. The van der Waals surface area contributed by atoms with Crippen LogP contribution in [-0.2, 0) is 16.9 Å². The highest BCUT2D eigenvalue weighted by Gasteiger charge is 2.19. The molecule has 5 nitrogen and oxygen atoms in total. The van der Waals surface area contributed by atoms with E-state index >= 15 is 0 Å². The van der Waals surface area contributed by atoms with Crippen molar-refractivity contribution in [3.63, 3.8) is 0 Å². The molecule has 1 aromatic heterocycles. The zero-order valence-electron chi connectivity index (χ0n) is 12.1. The molecule has 0 aliphatic carbocycles. The van der Waals surface area contributed by atoms with Gasteiger partial charge < -0.3 is 10.3 Å². The molecular formula is C14H21N3O2S. The van der Waals surface area contributed by atoms with Crippen LogP contribution in [-0.4, -0.2) is 24.2 Å². The minimum atomic E-state index is -3.29. The van der Waals surface area contributed by atoms with Gasteiger partial charge in [0.15, 0.2) is 9.84 Å². The summed E-state index contributed by atoms with van der Waals surface area (Å²) in [5.74, 6) is 0.740. The van der Waals surface area contributed by atoms with Crippen molar-refractivity contribution in [1.29, 1.82) is 0 Å². The molecule has 1 aromatic carbocycles.